The standard InChI is InChI=1S/C20H22N4O4S/c25-18(21-14-15-22-29(26,27)17-10-5-2-6-11-17)12-7-13-19-23-24-20(28-19)16-8-3-1-4-9-16/h1-6,8-11,22H,7,12-15H2,(H,21,25). The fraction of sp³-hybridized carbons (Fsp3) is 0.250. The minimum atomic E-state index is -3.56. The Labute approximate surface area is 169 Å². The number of aromatic nitrogens is 2. The molecule has 29 heavy (non-hydrogen) atoms. The van der Waals surface area contributed by atoms with Gasteiger partial charge in [0.2, 0.25) is 27.7 Å². The maximum Gasteiger partial charge on any atom is 0.247 e. The second-order valence-corrected chi connectivity index (χ2v) is 8.05. The zero-order valence-electron chi connectivity index (χ0n) is 15.7. The van der Waals surface area contributed by atoms with Crippen molar-refractivity contribution in [1.82, 2.24) is 20.2 Å². The Balaban J connectivity index is 1.34. The minimum absolute atomic E-state index is 0.118. The molecule has 0 saturated carbocycles. The molecule has 9 heteroatoms. The maximum atomic E-state index is 12.1. The summed E-state index contributed by atoms with van der Waals surface area (Å²) in [4.78, 5) is 12.1. The highest BCUT2D eigenvalue weighted by molar-refractivity contribution is 7.89. The van der Waals surface area contributed by atoms with Crippen molar-refractivity contribution < 1.29 is 17.6 Å². The maximum absolute atomic E-state index is 12.1. The Morgan fingerprint density at radius 2 is 1.62 bits per heavy atom. The van der Waals surface area contributed by atoms with Gasteiger partial charge >= 0.3 is 0 Å². The van der Waals surface area contributed by atoms with E-state index in [0.717, 1.165) is 5.56 Å². The van der Waals surface area contributed by atoms with Crippen LogP contribution in [0.25, 0.3) is 11.5 Å². The number of amides is 1. The molecule has 2 aromatic carbocycles. The third-order valence-corrected chi connectivity index (χ3v) is 5.55. The van der Waals surface area contributed by atoms with Gasteiger partial charge in [0.05, 0.1) is 4.90 Å². The van der Waals surface area contributed by atoms with Gasteiger partial charge in [-0.15, -0.1) is 10.2 Å². The first kappa shape index (κ1) is 20.7. The number of carbonyl (C=O) groups is 1. The van der Waals surface area contributed by atoms with Crippen LogP contribution in [0.15, 0.2) is 70.0 Å². The van der Waals surface area contributed by atoms with Crippen molar-refractivity contribution in [2.24, 2.45) is 0 Å². The Kier molecular flexibility index (Phi) is 7.09. The van der Waals surface area contributed by atoms with E-state index in [4.69, 9.17) is 4.42 Å². The van der Waals surface area contributed by atoms with Gasteiger partial charge in [0.1, 0.15) is 0 Å². The van der Waals surface area contributed by atoms with Gasteiger partial charge in [-0.3, -0.25) is 4.79 Å². The summed E-state index contributed by atoms with van der Waals surface area (Å²) < 4.78 is 32.2. The van der Waals surface area contributed by atoms with Crippen LogP contribution in [0.4, 0.5) is 0 Å². The smallest absolute Gasteiger partial charge is 0.247 e. The highest BCUT2D eigenvalue weighted by Gasteiger charge is 2.12. The summed E-state index contributed by atoms with van der Waals surface area (Å²) in [6.07, 6.45) is 1.33. The molecule has 3 rings (SSSR count). The Morgan fingerprint density at radius 1 is 0.931 bits per heavy atom. The molecule has 0 fully saturated rings. The van der Waals surface area contributed by atoms with Gasteiger partial charge < -0.3 is 9.73 Å². The van der Waals surface area contributed by atoms with E-state index < -0.39 is 10.0 Å². The topological polar surface area (TPSA) is 114 Å². The molecule has 2 N–H and O–H groups in total. The minimum Gasteiger partial charge on any atom is -0.421 e. The highest BCUT2D eigenvalue weighted by Crippen LogP contribution is 2.17. The van der Waals surface area contributed by atoms with Crippen LogP contribution in [-0.4, -0.2) is 37.6 Å². The third-order valence-electron chi connectivity index (χ3n) is 4.07. The summed E-state index contributed by atoms with van der Waals surface area (Å²) >= 11 is 0. The lowest BCUT2D eigenvalue weighted by atomic mass is 10.2. The lowest BCUT2D eigenvalue weighted by molar-refractivity contribution is -0.121. The fourth-order valence-electron chi connectivity index (χ4n) is 2.61. The largest absolute Gasteiger partial charge is 0.421 e. The lowest BCUT2D eigenvalue weighted by Gasteiger charge is -2.08. The normalized spacial score (nSPS) is 11.3. The van der Waals surface area contributed by atoms with Gasteiger partial charge in [-0.2, -0.15) is 0 Å². The highest BCUT2D eigenvalue weighted by atomic mass is 32.2. The summed E-state index contributed by atoms with van der Waals surface area (Å²) in [5.41, 5.74) is 0.849. The predicted octanol–water partition coefficient (Wildman–Crippen LogP) is 2.15. The SMILES string of the molecule is O=C(CCCc1nnc(-c2ccccc2)o1)NCCNS(=O)(=O)c1ccccc1. The van der Waals surface area contributed by atoms with Gasteiger partial charge in [0, 0.05) is 31.5 Å². The van der Waals surface area contributed by atoms with Gasteiger partial charge in [-0.1, -0.05) is 36.4 Å². The number of benzene rings is 2. The number of nitrogens with zero attached hydrogens (tertiary/aromatic N) is 2. The molecule has 1 aromatic heterocycles. The van der Waals surface area contributed by atoms with E-state index in [-0.39, 0.29) is 30.3 Å². The predicted molar refractivity (Wildman–Crippen MR) is 107 cm³/mol. The second-order valence-electron chi connectivity index (χ2n) is 6.28. The van der Waals surface area contributed by atoms with E-state index in [0.29, 0.717) is 24.6 Å². The van der Waals surface area contributed by atoms with Crippen molar-refractivity contribution in [2.45, 2.75) is 24.2 Å². The fourth-order valence-corrected chi connectivity index (χ4v) is 3.66. The molecule has 0 unspecified atom stereocenters. The van der Waals surface area contributed by atoms with E-state index in [1.807, 2.05) is 30.3 Å². The van der Waals surface area contributed by atoms with E-state index in [1.165, 1.54) is 12.1 Å². The van der Waals surface area contributed by atoms with Crippen LogP contribution in [0.3, 0.4) is 0 Å². The molecule has 0 aliphatic rings. The Morgan fingerprint density at radius 3 is 2.34 bits per heavy atom. The number of sulfonamides is 1. The first-order valence-corrected chi connectivity index (χ1v) is 10.7. The number of carbonyl (C=O) groups excluding carboxylic acids is 1. The van der Waals surface area contributed by atoms with Crippen molar-refractivity contribution in [3.05, 3.63) is 66.6 Å². The first-order valence-electron chi connectivity index (χ1n) is 9.24. The summed E-state index contributed by atoms with van der Waals surface area (Å²) in [7, 11) is -3.56. The molecule has 152 valence electrons. The number of rotatable bonds is 10. The lowest BCUT2D eigenvalue weighted by Crippen LogP contribution is -2.34. The number of hydrogen-bond donors (Lipinski definition) is 2. The van der Waals surface area contributed by atoms with Gasteiger partial charge in [0.15, 0.2) is 0 Å². The molecule has 0 aliphatic carbocycles. The third kappa shape index (κ3) is 6.23. The zero-order chi connectivity index (χ0) is 20.5. The van der Waals surface area contributed by atoms with Crippen LogP contribution >= 0.6 is 0 Å². The molecule has 1 amide bonds. The van der Waals surface area contributed by atoms with Crippen molar-refractivity contribution in [3.63, 3.8) is 0 Å². The number of aryl methyl sites for hydroxylation is 1. The molecule has 0 atom stereocenters. The molecule has 0 bridgehead atoms. The van der Waals surface area contributed by atoms with E-state index in [9.17, 15) is 13.2 Å². The van der Waals surface area contributed by atoms with Gasteiger partial charge in [0.25, 0.3) is 0 Å². The zero-order valence-corrected chi connectivity index (χ0v) is 16.6. The van der Waals surface area contributed by atoms with E-state index in [1.54, 1.807) is 18.2 Å². The number of nitrogens with one attached hydrogen (secondary N) is 2. The van der Waals surface area contributed by atoms with Crippen LogP contribution < -0.4 is 10.0 Å². The van der Waals surface area contributed by atoms with E-state index >= 15 is 0 Å². The van der Waals surface area contributed by atoms with Crippen molar-refractivity contribution >= 4 is 15.9 Å². The summed E-state index contributed by atoms with van der Waals surface area (Å²) in [5, 5.41) is 10.7. The van der Waals surface area contributed by atoms with Crippen LogP contribution in [0.5, 0.6) is 0 Å². The molecular formula is C20H22N4O4S. The van der Waals surface area contributed by atoms with Crippen molar-refractivity contribution in [1.29, 1.82) is 0 Å². The quantitative estimate of drug-likeness (QED) is 0.492. The summed E-state index contributed by atoms with van der Waals surface area (Å²) in [5.74, 6) is 0.773. The summed E-state index contributed by atoms with van der Waals surface area (Å²) in [6, 6.07) is 17.6. The van der Waals surface area contributed by atoms with Crippen molar-refractivity contribution in [3.8, 4) is 11.5 Å². The van der Waals surface area contributed by atoms with E-state index in [2.05, 4.69) is 20.2 Å². The van der Waals surface area contributed by atoms with Crippen molar-refractivity contribution in [2.75, 3.05) is 13.1 Å². The summed E-state index contributed by atoms with van der Waals surface area (Å²) in [6.45, 7) is 0.330. The Hall–Kier alpha value is -3.04. The van der Waals surface area contributed by atoms with Crippen LogP contribution in [-0.2, 0) is 21.2 Å². The molecule has 0 saturated heterocycles. The molecule has 3 aromatic rings. The first-order chi connectivity index (χ1) is 14.0. The molecular weight excluding hydrogens is 392 g/mol. The average Bonchev–Trinajstić information content (AvgIpc) is 3.21. The molecule has 0 spiro atoms. The van der Waals surface area contributed by atoms with Crippen LogP contribution in [0, 0.1) is 0 Å². The monoisotopic (exact) mass is 414 g/mol. The molecule has 0 aliphatic heterocycles. The average molecular weight is 414 g/mol. The Bertz CT molecular complexity index is 1020. The molecule has 1 heterocycles. The second kappa shape index (κ2) is 9.94. The van der Waals surface area contributed by atoms with Crippen LogP contribution in [0.1, 0.15) is 18.7 Å². The number of hydrogen-bond acceptors (Lipinski definition) is 6. The molecule has 0 radical (unpaired) electrons. The van der Waals surface area contributed by atoms with Crippen LogP contribution in [0.2, 0.25) is 0 Å². The van der Waals surface area contributed by atoms with Gasteiger partial charge in [-0.05, 0) is 30.7 Å². The van der Waals surface area contributed by atoms with Gasteiger partial charge in [-0.25, -0.2) is 13.1 Å². The molecule has 8 nitrogen and oxygen atoms in total.